The molecule has 0 saturated carbocycles. The van der Waals surface area contributed by atoms with Gasteiger partial charge in [-0.15, -0.1) is 0 Å². The molecule has 2 aliphatic rings. The molecule has 1 saturated heterocycles. The van der Waals surface area contributed by atoms with E-state index in [1.54, 1.807) is 11.0 Å². The number of aromatic nitrogens is 2. The van der Waals surface area contributed by atoms with Crippen molar-refractivity contribution in [2.75, 3.05) is 32.8 Å². The van der Waals surface area contributed by atoms with E-state index in [2.05, 4.69) is 4.98 Å². The third-order valence-electron chi connectivity index (χ3n) is 5.87. The number of ether oxygens (including phenoxy) is 2. The minimum absolute atomic E-state index is 0.0320. The van der Waals surface area contributed by atoms with Crippen LogP contribution in [0.5, 0.6) is 11.5 Å². The van der Waals surface area contributed by atoms with Crippen LogP contribution in [-0.2, 0) is 16.1 Å². The summed E-state index contributed by atoms with van der Waals surface area (Å²) < 4.78 is 13.4. The zero-order valence-electron chi connectivity index (χ0n) is 17.4. The summed E-state index contributed by atoms with van der Waals surface area (Å²) in [6.45, 7) is 4.32. The standard InChI is InChI=1S/C23H24N4O4/c1-16-24-17-6-2-3-7-18(17)27(16)14-22(28)25-10-12-26(13-11-25)23(29)21-15-30-19-8-4-5-9-20(19)31-21/h2-9,21H,10-15H2,1H3/t21-/m1/s1. The lowest BCUT2D eigenvalue weighted by Crippen LogP contribution is -2.55. The number of nitrogens with zero attached hydrogens (tertiary/aromatic N) is 4. The van der Waals surface area contributed by atoms with E-state index >= 15 is 0 Å². The molecule has 1 atom stereocenters. The van der Waals surface area contributed by atoms with E-state index in [-0.39, 0.29) is 25.0 Å². The van der Waals surface area contributed by atoms with Crippen LogP contribution >= 0.6 is 0 Å². The summed E-state index contributed by atoms with van der Waals surface area (Å²) in [4.78, 5) is 33.9. The molecule has 31 heavy (non-hydrogen) atoms. The number of hydrogen-bond donors (Lipinski definition) is 0. The smallest absolute Gasteiger partial charge is 0.267 e. The monoisotopic (exact) mass is 420 g/mol. The fourth-order valence-electron chi connectivity index (χ4n) is 4.15. The fourth-order valence-corrected chi connectivity index (χ4v) is 4.15. The zero-order valence-corrected chi connectivity index (χ0v) is 17.4. The second kappa shape index (κ2) is 7.94. The second-order valence-electron chi connectivity index (χ2n) is 7.80. The van der Waals surface area contributed by atoms with Crippen molar-refractivity contribution in [3.8, 4) is 11.5 Å². The van der Waals surface area contributed by atoms with Gasteiger partial charge in [-0.25, -0.2) is 4.98 Å². The van der Waals surface area contributed by atoms with Crippen LogP contribution in [0.25, 0.3) is 11.0 Å². The van der Waals surface area contributed by atoms with E-state index in [9.17, 15) is 9.59 Å². The topological polar surface area (TPSA) is 76.9 Å². The highest BCUT2D eigenvalue weighted by molar-refractivity contribution is 5.83. The highest BCUT2D eigenvalue weighted by Gasteiger charge is 2.33. The van der Waals surface area contributed by atoms with Crippen LogP contribution < -0.4 is 9.47 Å². The summed E-state index contributed by atoms with van der Waals surface area (Å²) in [6.07, 6.45) is -0.655. The molecule has 0 bridgehead atoms. The summed E-state index contributed by atoms with van der Waals surface area (Å²) in [6, 6.07) is 15.2. The molecule has 0 spiro atoms. The van der Waals surface area contributed by atoms with Gasteiger partial charge in [0.05, 0.1) is 11.0 Å². The maximum absolute atomic E-state index is 12.9. The van der Waals surface area contributed by atoms with E-state index in [4.69, 9.17) is 9.47 Å². The van der Waals surface area contributed by atoms with Gasteiger partial charge in [0.25, 0.3) is 5.91 Å². The first-order valence-corrected chi connectivity index (χ1v) is 10.5. The van der Waals surface area contributed by atoms with Gasteiger partial charge in [-0.2, -0.15) is 0 Å². The number of para-hydroxylation sites is 4. The molecule has 160 valence electrons. The van der Waals surface area contributed by atoms with Crippen molar-refractivity contribution in [2.45, 2.75) is 19.6 Å². The molecule has 8 heteroatoms. The minimum Gasteiger partial charge on any atom is -0.485 e. The summed E-state index contributed by atoms with van der Waals surface area (Å²) in [5.41, 5.74) is 1.84. The van der Waals surface area contributed by atoms with Gasteiger partial charge < -0.3 is 23.8 Å². The van der Waals surface area contributed by atoms with Gasteiger partial charge in [-0.05, 0) is 31.2 Å². The number of fused-ring (bicyclic) bond motifs is 2. The van der Waals surface area contributed by atoms with E-state index in [1.165, 1.54) is 0 Å². The number of imidazole rings is 1. The van der Waals surface area contributed by atoms with Crippen molar-refractivity contribution in [2.24, 2.45) is 0 Å². The predicted octanol–water partition coefficient (Wildman–Crippen LogP) is 1.86. The maximum atomic E-state index is 12.9. The third-order valence-corrected chi connectivity index (χ3v) is 5.87. The highest BCUT2D eigenvalue weighted by Crippen LogP contribution is 2.31. The Morgan fingerprint density at radius 2 is 1.65 bits per heavy atom. The van der Waals surface area contributed by atoms with E-state index < -0.39 is 6.10 Å². The van der Waals surface area contributed by atoms with Crippen LogP contribution in [0.2, 0.25) is 0 Å². The van der Waals surface area contributed by atoms with Gasteiger partial charge in [-0.3, -0.25) is 9.59 Å². The molecule has 8 nitrogen and oxygen atoms in total. The Balaban J connectivity index is 1.19. The minimum atomic E-state index is -0.655. The first kappa shape index (κ1) is 19.4. The van der Waals surface area contributed by atoms with Crippen molar-refractivity contribution in [3.05, 3.63) is 54.4 Å². The number of carbonyl (C=O) groups is 2. The van der Waals surface area contributed by atoms with Gasteiger partial charge in [-0.1, -0.05) is 24.3 Å². The van der Waals surface area contributed by atoms with Gasteiger partial charge in [0.1, 0.15) is 19.0 Å². The molecule has 3 aromatic rings. The Morgan fingerprint density at radius 1 is 0.968 bits per heavy atom. The largest absolute Gasteiger partial charge is 0.485 e. The number of aryl methyl sites for hydroxylation is 1. The van der Waals surface area contributed by atoms with Crippen molar-refractivity contribution in [1.29, 1.82) is 0 Å². The van der Waals surface area contributed by atoms with Crippen LogP contribution in [0.15, 0.2) is 48.5 Å². The van der Waals surface area contributed by atoms with Crippen molar-refractivity contribution in [1.82, 2.24) is 19.4 Å². The van der Waals surface area contributed by atoms with Gasteiger partial charge in [0, 0.05) is 26.2 Å². The molecule has 0 unspecified atom stereocenters. The van der Waals surface area contributed by atoms with Crippen molar-refractivity contribution in [3.63, 3.8) is 0 Å². The number of hydrogen-bond acceptors (Lipinski definition) is 5. The molecule has 0 aliphatic carbocycles. The molecule has 2 aliphatic heterocycles. The number of benzene rings is 2. The normalized spacial score (nSPS) is 18.3. The van der Waals surface area contributed by atoms with Crippen LogP contribution in [0.4, 0.5) is 0 Å². The number of carbonyl (C=O) groups excluding carboxylic acids is 2. The summed E-state index contributed by atoms with van der Waals surface area (Å²) >= 11 is 0. The van der Waals surface area contributed by atoms with Crippen LogP contribution in [-0.4, -0.2) is 70.1 Å². The second-order valence-corrected chi connectivity index (χ2v) is 7.80. The SMILES string of the molecule is Cc1nc2ccccc2n1CC(=O)N1CCN(C(=O)[C@H]2COc3ccccc3O2)CC1. The summed E-state index contributed by atoms with van der Waals surface area (Å²) in [7, 11) is 0. The highest BCUT2D eigenvalue weighted by atomic mass is 16.6. The average Bonchev–Trinajstić information content (AvgIpc) is 3.13. The van der Waals surface area contributed by atoms with E-state index in [0.29, 0.717) is 37.7 Å². The van der Waals surface area contributed by atoms with Crippen LogP contribution in [0.3, 0.4) is 0 Å². The molecule has 0 N–H and O–H groups in total. The number of piperazine rings is 1. The van der Waals surface area contributed by atoms with Gasteiger partial charge in [0.15, 0.2) is 11.5 Å². The Bertz CT molecular complexity index is 1130. The molecule has 3 heterocycles. The van der Waals surface area contributed by atoms with Crippen molar-refractivity contribution < 1.29 is 19.1 Å². The molecule has 2 aromatic carbocycles. The molecule has 1 aromatic heterocycles. The number of rotatable bonds is 3. The zero-order chi connectivity index (χ0) is 21.4. The quantitative estimate of drug-likeness (QED) is 0.646. The van der Waals surface area contributed by atoms with Crippen LogP contribution in [0.1, 0.15) is 5.82 Å². The summed E-state index contributed by atoms with van der Waals surface area (Å²) in [5, 5.41) is 0. The Morgan fingerprint density at radius 3 is 2.45 bits per heavy atom. The maximum Gasteiger partial charge on any atom is 0.267 e. The van der Waals surface area contributed by atoms with Gasteiger partial charge in [0.2, 0.25) is 12.0 Å². The van der Waals surface area contributed by atoms with Crippen molar-refractivity contribution >= 4 is 22.8 Å². The molecular weight excluding hydrogens is 396 g/mol. The lowest BCUT2D eigenvalue weighted by atomic mass is 10.2. The molecule has 5 rings (SSSR count). The summed E-state index contributed by atoms with van der Waals surface area (Å²) in [5.74, 6) is 1.99. The predicted molar refractivity (Wildman–Crippen MR) is 114 cm³/mol. The third kappa shape index (κ3) is 3.69. The lowest BCUT2D eigenvalue weighted by molar-refractivity contribution is -0.146. The molecule has 1 fully saturated rings. The fraction of sp³-hybridized carbons (Fsp3) is 0.348. The Hall–Kier alpha value is -3.55. The first-order chi connectivity index (χ1) is 15.1. The molecule has 2 amide bonds. The lowest BCUT2D eigenvalue weighted by Gasteiger charge is -2.37. The molecule has 0 radical (unpaired) electrons. The van der Waals surface area contributed by atoms with Crippen LogP contribution in [0, 0.1) is 6.92 Å². The average molecular weight is 420 g/mol. The Kier molecular flexibility index (Phi) is 4.97. The first-order valence-electron chi connectivity index (χ1n) is 10.5. The Labute approximate surface area is 180 Å². The molecular formula is C23H24N4O4. The van der Waals surface area contributed by atoms with E-state index in [0.717, 1.165) is 16.9 Å². The van der Waals surface area contributed by atoms with E-state index in [1.807, 2.05) is 58.9 Å². The van der Waals surface area contributed by atoms with Gasteiger partial charge >= 0.3 is 0 Å². The number of amides is 2.